The smallest absolute Gasteiger partial charge is 0.240 e. The Kier molecular flexibility index (Phi) is 3.33. The summed E-state index contributed by atoms with van der Waals surface area (Å²) in [7, 11) is 0. The lowest BCUT2D eigenvalue weighted by Gasteiger charge is -2.24. The van der Waals surface area contributed by atoms with Gasteiger partial charge >= 0.3 is 0 Å². The summed E-state index contributed by atoms with van der Waals surface area (Å²) in [5, 5.41) is 7.17. The van der Waals surface area contributed by atoms with E-state index in [4.69, 9.17) is 4.52 Å². The van der Waals surface area contributed by atoms with Crippen molar-refractivity contribution in [1.29, 1.82) is 0 Å². The summed E-state index contributed by atoms with van der Waals surface area (Å²) in [5.41, 5.74) is 0. The van der Waals surface area contributed by atoms with E-state index in [9.17, 15) is 0 Å². The number of rotatable bonds is 4. The Morgan fingerprint density at radius 1 is 1.60 bits per heavy atom. The first-order chi connectivity index (χ1) is 7.29. The van der Waals surface area contributed by atoms with Crippen LogP contribution >= 0.6 is 0 Å². The highest BCUT2D eigenvalue weighted by atomic mass is 16.5. The Balaban J connectivity index is 1.95. The van der Waals surface area contributed by atoms with Crippen molar-refractivity contribution in [2.24, 2.45) is 0 Å². The lowest BCUT2D eigenvalue weighted by Crippen LogP contribution is -2.36. The normalized spacial score (nSPS) is 21.4. The van der Waals surface area contributed by atoms with Crippen LogP contribution in [-0.4, -0.2) is 40.7 Å². The van der Waals surface area contributed by atoms with Crippen LogP contribution in [0.4, 0.5) is 0 Å². The second-order valence-corrected chi connectivity index (χ2v) is 3.95. The molecule has 1 fully saturated rings. The predicted octanol–water partition coefficient (Wildman–Crippen LogP) is 0.562. The van der Waals surface area contributed by atoms with E-state index < -0.39 is 0 Å². The van der Waals surface area contributed by atoms with Crippen molar-refractivity contribution in [3.05, 3.63) is 11.7 Å². The average molecular weight is 210 g/mol. The van der Waals surface area contributed by atoms with Gasteiger partial charge in [0.15, 0.2) is 5.82 Å². The third kappa shape index (κ3) is 2.54. The van der Waals surface area contributed by atoms with Gasteiger partial charge in [-0.15, -0.1) is 0 Å². The van der Waals surface area contributed by atoms with Crippen LogP contribution in [-0.2, 0) is 6.54 Å². The van der Waals surface area contributed by atoms with E-state index in [1.54, 1.807) is 0 Å². The van der Waals surface area contributed by atoms with Gasteiger partial charge in [-0.2, -0.15) is 4.98 Å². The molecule has 2 rings (SSSR count). The Morgan fingerprint density at radius 2 is 2.47 bits per heavy atom. The molecule has 1 aliphatic heterocycles. The molecule has 1 aliphatic rings. The molecule has 0 amide bonds. The Morgan fingerprint density at radius 3 is 3.00 bits per heavy atom. The molecule has 1 unspecified atom stereocenters. The first kappa shape index (κ1) is 10.6. The molecule has 84 valence electrons. The molecule has 0 bridgehead atoms. The van der Waals surface area contributed by atoms with E-state index >= 15 is 0 Å². The van der Waals surface area contributed by atoms with Gasteiger partial charge in [0.05, 0.1) is 6.54 Å². The highest BCUT2D eigenvalue weighted by Gasteiger charge is 2.22. The van der Waals surface area contributed by atoms with Crippen LogP contribution in [0.2, 0.25) is 0 Å². The molecule has 1 aromatic rings. The third-order valence-electron chi connectivity index (χ3n) is 2.86. The van der Waals surface area contributed by atoms with Gasteiger partial charge in [-0.25, -0.2) is 0 Å². The number of nitrogens with one attached hydrogen (secondary N) is 1. The van der Waals surface area contributed by atoms with Gasteiger partial charge in [0, 0.05) is 12.6 Å². The summed E-state index contributed by atoms with van der Waals surface area (Å²) in [4.78, 5) is 6.61. The summed E-state index contributed by atoms with van der Waals surface area (Å²) in [6.45, 7) is 7.99. The first-order valence-corrected chi connectivity index (χ1v) is 5.53. The van der Waals surface area contributed by atoms with Crippen molar-refractivity contribution >= 4 is 0 Å². The zero-order valence-electron chi connectivity index (χ0n) is 9.36. The molecule has 0 aromatic carbocycles. The number of hydrogen-bond acceptors (Lipinski definition) is 5. The van der Waals surface area contributed by atoms with Crippen LogP contribution in [0.1, 0.15) is 25.1 Å². The van der Waals surface area contributed by atoms with Crippen LogP contribution in [0.25, 0.3) is 0 Å². The molecule has 15 heavy (non-hydrogen) atoms. The second-order valence-electron chi connectivity index (χ2n) is 3.95. The standard InChI is InChI=1S/C10H18N4O/c1-3-14(9-4-5-11-6-9)7-10-12-8(2)13-15-10/h9,11H,3-7H2,1-2H3. The van der Waals surface area contributed by atoms with Crippen LogP contribution in [0.5, 0.6) is 0 Å². The molecule has 0 aliphatic carbocycles. The summed E-state index contributed by atoms with van der Waals surface area (Å²) in [6, 6.07) is 0.613. The third-order valence-corrected chi connectivity index (χ3v) is 2.86. The molecule has 0 radical (unpaired) electrons. The van der Waals surface area contributed by atoms with Gasteiger partial charge in [0.1, 0.15) is 0 Å². The average Bonchev–Trinajstić information content (AvgIpc) is 2.85. The van der Waals surface area contributed by atoms with E-state index in [1.165, 1.54) is 6.42 Å². The van der Waals surface area contributed by atoms with Crippen LogP contribution in [0.15, 0.2) is 4.52 Å². The lowest BCUT2D eigenvalue weighted by molar-refractivity contribution is 0.183. The SMILES string of the molecule is CCN(Cc1nc(C)no1)C1CCNC1. The summed E-state index contributed by atoms with van der Waals surface area (Å²) in [5.74, 6) is 1.44. The van der Waals surface area contributed by atoms with Gasteiger partial charge in [0.25, 0.3) is 0 Å². The molecule has 1 atom stereocenters. The number of likely N-dealkylation sites (N-methyl/N-ethyl adjacent to an activating group) is 1. The molecule has 1 aromatic heterocycles. The fourth-order valence-corrected chi connectivity index (χ4v) is 2.03. The highest BCUT2D eigenvalue weighted by Crippen LogP contribution is 2.11. The van der Waals surface area contributed by atoms with Crippen LogP contribution in [0, 0.1) is 6.92 Å². The monoisotopic (exact) mass is 210 g/mol. The van der Waals surface area contributed by atoms with Gasteiger partial charge in [-0.1, -0.05) is 12.1 Å². The van der Waals surface area contributed by atoms with Gasteiger partial charge in [-0.05, 0) is 26.4 Å². The maximum Gasteiger partial charge on any atom is 0.240 e. The molecular formula is C10H18N4O. The predicted molar refractivity (Wildman–Crippen MR) is 56.4 cm³/mol. The topological polar surface area (TPSA) is 54.2 Å². The van der Waals surface area contributed by atoms with Crippen molar-refractivity contribution < 1.29 is 4.52 Å². The Hall–Kier alpha value is -0.940. The summed E-state index contributed by atoms with van der Waals surface area (Å²) >= 11 is 0. The zero-order chi connectivity index (χ0) is 10.7. The highest BCUT2D eigenvalue weighted by molar-refractivity contribution is 4.86. The number of hydrogen-bond donors (Lipinski definition) is 1. The largest absolute Gasteiger partial charge is 0.338 e. The van der Waals surface area contributed by atoms with Crippen molar-refractivity contribution in [2.45, 2.75) is 32.9 Å². The second kappa shape index (κ2) is 4.72. The maximum atomic E-state index is 5.13. The van der Waals surface area contributed by atoms with Gasteiger partial charge in [0.2, 0.25) is 5.89 Å². The van der Waals surface area contributed by atoms with Crippen molar-refractivity contribution in [3.8, 4) is 0 Å². The van der Waals surface area contributed by atoms with E-state index in [1.807, 2.05) is 6.92 Å². The van der Waals surface area contributed by atoms with Crippen LogP contribution < -0.4 is 5.32 Å². The molecule has 0 saturated carbocycles. The molecule has 0 spiro atoms. The number of aryl methyl sites for hydroxylation is 1. The van der Waals surface area contributed by atoms with E-state index in [0.29, 0.717) is 11.9 Å². The van der Waals surface area contributed by atoms with E-state index in [2.05, 4.69) is 27.3 Å². The summed E-state index contributed by atoms with van der Waals surface area (Å²) < 4.78 is 5.13. The molecule has 5 nitrogen and oxygen atoms in total. The Bertz CT molecular complexity index is 306. The first-order valence-electron chi connectivity index (χ1n) is 5.53. The lowest BCUT2D eigenvalue weighted by atomic mass is 10.2. The zero-order valence-corrected chi connectivity index (χ0v) is 9.36. The van der Waals surface area contributed by atoms with Gasteiger partial charge in [-0.3, -0.25) is 4.90 Å². The quantitative estimate of drug-likeness (QED) is 0.787. The van der Waals surface area contributed by atoms with Crippen LogP contribution in [0.3, 0.4) is 0 Å². The molecular weight excluding hydrogens is 192 g/mol. The fourth-order valence-electron chi connectivity index (χ4n) is 2.03. The molecule has 1 N–H and O–H groups in total. The van der Waals surface area contributed by atoms with Crippen molar-refractivity contribution in [2.75, 3.05) is 19.6 Å². The Labute approximate surface area is 89.8 Å². The molecule has 5 heteroatoms. The minimum absolute atomic E-state index is 0.613. The van der Waals surface area contributed by atoms with E-state index in [0.717, 1.165) is 32.1 Å². The summed E-state index contributed by atoms with van der Waals surface area (Å²) in [6.07, 6.45) is 1.21. The van der Waals surface area contributed by atoms with Crippen molar-refractivity contribution in [3.63, 3.8) is 0 Å². The van der Waals surface area contributed by atoms with Crippen molar-refractivity contribution in [1.82, 2.24) is 20.4 Å². The number of aromatic nitrogens is 2. The molecule has 1 saturated heterocycles. The minimum atomic E-state index is 0.613. The maximum absolute atomic E-state index is 5.13. The fraction of sp³-hybridized carbons (Fsp3) is 0.800. The van der Waals surface area contributed by atoms with E-state index in [-0.39, 0.29) is 0 Å². The minimum Gasteiger partial charge on any atom is -0.338 e. The van der Waals surface area contributed by atoms with Gasteiger partial charge < -0.3 is 9.84 Å². The molecule has 2 heterocycles. The number of nitrogens with zero attached hydrogens (tertiary/aromatic N) is 3.